The van der Waals surface area contributed by atoms with Crippen LogP contribution in [-0.4, -0.2) is 41.5 Å². The first kappa shape index (κ1) is 23.7. The highest BCUT2D eigenvalue weighted by Gasteiger charge is 2.27. The Balaban J connectivity index is 1.26. The number of carbonyl (C=O) groups is 3. The van der Waals surface area contributed by atoms with Crippen LogP contribution in [0, 0.1) is 6.92 Å². The lowest BCUT2D eigenvalue weighted by Gasteiger charge is -2.11. The van der Waals surface area contributed by atoms with Crippen LogP contribution in [-0.2, 0) is 27.1 Å². The molecule has 0 aliphatic heterocycles. The number of thiophene rings is 1. The molecule has 0 fully saturated rings. The van der Waals surface area contributed by atoms with E-state index in [1.165, 1.54) is 18.4 Å². The molecule has 0 atom stereocenters. The van der Waals surface area contributed by atoms with Gasteiger partial charge in [0.15, 0.2) is 6.61 Å². The van der Waals surface area contributed by atoms with Gasteiger partial charge in [-0.3, -0.25) is 4.79 Å². The van der Waals surface area contributed by atoms with Crippen molar-refractivity contribution in [2.75, 3.05) is 19.0 Å². The normalized spacial score (nSPS) is 12.7. The fourth-order valence-electron chi connectivity index (χ4n) is 4.33. The van der Waals surface area contributed by atoms with Gasteiger partial charge in [-0.2, -0.15) is 0 Å². The lowest BCUT2D eigenvalue weighted by Crippen LogP contribution is -2.21. The van der Waals surface area contributed by atoms with Crippen LogP contribution < -0.4 is 5.32 Å². The number of esters is 2. The predicted molar refractivity (Wildman–Crippen MR) is 137 cm³/mol. The molecule has 36 heavy (non-hydrogen) atoms. The van der Waals surface area contributed by atoms with Crippen LogP contribution in [0.15, 0.2) is 42.5 Å². The molecular weight excluding hydrogens is 478 g/mol. The minimum absolute atomic E-state index is 0.302. The van der Waals surface area contributed by atoms with Crippen molar-refractivity contribution in [1.82, 2.24) is 9.97 Å². The lowest BCUT2D eigenvalue weighted by atomic mass is 9.95. The molecule has 2 aromatic heterocycles. The molecule has 0 unspecified atom stereocenters. The van der Waals surface area contributed by atoms with E-state index in [1.807, 2.05) is 31.2 Å². The molecular formula is C27H25N3O5S. The molecule has 0 bridgehead atoms. The Kier molecular flexibility index (Phi) is 6.56. The number of nitrogens with zero attached hydrogens (tertiary/aromatic N) is 1. The van der Waals surface area contributed by atoms with Gasteiger partial charge in [0, 0.05) is 10.4 Å². The number of anilines is 1. The molecule has 0 radical (unpaired) electrons. The zero-order valence-corrected chi connectivity index (χ0v) is 20.8. The fourth-order valence-corrected chi connectivity index (χ4v) is 5.63. The molecule has 2 N–H and O–H groups in total. The molecule has 0 spiro atoms. The van der Waals surface area contributed by atoms with E-state index in [9.17, 15) is 14.4 Å². The van der Waals surface area contributed by atoms with E-state index in [0.29, 0.717) is 27.5 Å². The van der Waals surface area contributed by atoms with Crippen LogP contribution in [0.1, 0.15) is 49.6 Å². The minimum Gasteiger partial charge on any atom is -0.465 e. The van der Waals surface area contributed by atoms with Gasteiger partial charge in [-0.25, -0.2) is 14.6 Å². The third-order valence-electron chi connectivity index (χ3n) is 6.19. The summed E-state index contributed by atoms with van der Waals surface area (Å²) in [6.45, 7) is 1.55. The first-order chi connectivity index (χ1) is 17.4. The quantitative estimate of drug-likeness (QED) is 0.356. The second-order valence-corrected chi connectivity index (χ2v) is 9.82. The number of H-pyrrole nitrogens is 1. The summed E-state index contributed by atoms with van der Waals surface area (Å²) < 4.78 is 10.2. The molecule has 184 valence electrons. The van der Waals surface area contributed by atoms with Gasteiger partial charge in [0.2, 0.25) is 0 Å². The van der Waals surface area contributed by atoms with E-state index in [-0.39, 0.29) is 0 Å². The maximum absolute atomic E-state index is 12.6. The van der Waals surface area contributed by atoms with Crippen molar-refractivity contribution in [3.05, 3.63) is 69.6 Å². The molecule has 0 saturated heterocycles. The van der Waals surface area contributed by atoms with E-state index in [1.54, 1.807) is 18.2 Å². The molecule has 2 heterocycles. The Bertz CT molecular complexity index is 1470. The number of imidazole rings is 1. The number of amides is 1. The summed E-state index contributed by atoms with van der Waals surface area (Å²) in [6.07, 6.45) is 3.69. The van der Waals surface area contributed by atoms with Gasteiger partial charge >= 0.3 is 11.9 Å². The smallest absolute Gasteiger partial charge is 0.341 e. The second kappa shape index (κ2) is 9.94. The highest BCUT2D eigenvalue weighted by Crippen LogP contribution is 2.38. The molecule has 1 aliphatic rings. The van der Waals surface area contributed by atoms with Crippen molar-refractivity contribution in [3.63, 3.8) is 0 Å². The van der Waals surface area contributed by atoms with Crippen LogP contribution >= 0.6 is 11.3 Å². The van der Waals surface area contributed by atoms with Crippen molar-refractivity contribution >= 4 is 45.2 Å². The summed E-state index contributed by atoms with van der Waals surface area (Å²) in [5.41, 5.74) is 5.17. The number of hydrogen-bond acceptors (Lipinski definition) is 7. The van der Waals surface area contributed by atoms with Gasteiger partial charge in [-0.1, -0.05) is 29.8 Å². The Morgan fingerprint density at radius 1 is 1.06 bits per heavy atom. The van der Waals surface area contributed by atoms with Gasteiger partial charge in [0.25, 0.3) is 5.91 Å². The number of benzene rings is 2. The Labute approximate surface area is 211 Å². The van der Waals surface area contributed by atoms with E-state index in [4.69, 9.17) is 9.47 Å². The zero-order chi connectivity index (χ0) is 25.2. The SMILES string of the molecule is COC(=O)c1c(NC(=O)COC(=O)c2ccc3nc(-c4ccc(C)cc4)[nH]c3c2)sc2c1CCCC2. The number of aromatic amines is 1. The highest BCUT2D eigenvalue weighted by molar-refractivity contribution is 7.17. The standard InChI is InChI=1S/C27H25N3O5S/c1-15-7-9-16(10-8-15)24-28-19-12-11-17(13-20(19)29-24)26(32)35-14-22(31)30-25-23(27(33)34-2)18-5-3-4-6-21(18)36-25/h7-13H,3-6,14H2,1-2H3,(H,28,29)(H,30,31). The average Bonchev–Trinajstić information content (AvgIpc) is 3.48. The van der Waals surface area contributed by atoms with Crippen LogP contribution in [0.25, 0.3) is 22.4 Å². The molecule has 2 aromatic carbocycles. The number of nitrogens with one attached hydrogen (secondary N) is 2. The molecule has 1 amide bonds. The summed E-state index contributed by atoms with van der Waals surface area (Å²) in [7, 11) is 1.32. The van der Waals surface area contributed by atoms with Crippen molar-refractivity contribution in [1.29, 1.82) is 0 Å². The summed E-state index contributed by atoms with van der Waals surface area (Å²) in [5.74, 6) is -0.914. The van der Waals surface area contributed by atoms with Gasteiger partial charge in [0.05, 0.1) is 29.3 Å². The minimum atomic E-state index is -0.628. The van der Waals surface area contributed by atoms with E-state index >= 15 is 0 Å². The topological polar surface area (TPSA) is 110 Å². The Morgan fingerprint density at radius 3 is 2.61 bits per heavy atom. The van der Waals surface area contributed by atoms with Gasteiger partial charge in [-0.05, 0) is 56.4 Å². The molecule has 0 saturated carbocycles. The number of aryl methyl sites for hydroxylation is 2. The van der Waals surface area contributed by atoms with Crippen LogP contribution in [0.2, 0.25) is 0 Å². The highest BCUT2D eigenvalue weighted by atomic mass is 32.1. The number of methoxy groups -OCH3 is 1. The second-order valence-electron chi connectivity index (χ2n) is 8.71. The molecule has 1 aliphatic carbocycles. The van der Waals surface area contributed by atoms with Crippen molar-refractivity contribution < 1.29 is 23.9 Å². The third kappa shape index (κ3) is 4.74. The number of hydrogen-bond donors (Lipinski definition) is 2. The Morgan fingerprint density at radius 2 is 1.83 bits per heavy atom. The van der Waals surface area contributed by atoms with Crippen LogP contribution in [0.5, 0.6) is 0 Å². The van der Waals surface area contributed by atoms with Crippen molar-refractivity contribution in [2.24, 2.45) is 0 Å². The summed E-state index contributed by atoms with van der Waals surface area (Å²) in [4.78, 5) is 46.5. The summed E-state index contributed by atoms with van der Waals surface area (Å²) in [5, 5.41) is 3.17. The maximum Gasteiger partial charge on any atom is 0.341 e. The number of carbonyl (C=O) groups excluding carboxylic acids is 3. The van der Waals surface area contributed by atoms with Gasteiger partial charge in [-0.15, -0.1) is 11.3 Å². The summed E-state index contributed by atoms with van der Waals surface area (Å²) in [6, 6.07) is 13.0. The summed E-state index contributed by atoms with van der Waals surface area (Å²) >= 11 is 1.38. The number of ether oxygens (including phenoxy) is 2. The van der Waals surface area contributed by atoms with Crippen LogP contribution in [0.4, 0.5) is 5.00 Å². The number of aromatic nitrogens is 2. The molecule has 9 heteroatoms. The largest absolute Gasteiger partial charge is 0.465 e. The molecule has 4 aromatic rings. The van der Waals surface area contributed by atoms with E-state index < -0.39 is 24.5 Å². The fraction of sp³-hybridized carbons (Fsp3) is 0.259. The maximum atomic E-state index is 12.6. The predicted octanol–water partition coefficient (Wildman–Crippen LogP) is 5.06. The van der Waals surface area contributed by atoms with Crippen molar-refractivity contribution in [2.45, 2.75) is 32.6 Å². The van der Waals surface area contributed by atoms with E-state index in [2.05, 4.69) is 15.3 Å². The van der Waals surface area contributed by atoms with Crippen LogP contribution in [0.3, 0.4) is 0 Å². The zero-order valence-electron chi connectivity index (χ0n) is 20.0. The first-order valence-electron chi connectivity index (χ1n) is 11.7. The molecule has 5 rings (SSSR count). The Hall–Kier alpha value is -3.98. The number of rotatable bonds is 6. The lowest BCUT2D eigenvalue weighted by molar-refractivity contribution is -0.119. The van der Waals surface area contributed by atoms with E-state index in [0.717, 1.165) is 52.8 Å². The van der Waals surface area contributed by atoms with Gasteiger partial charge in [0.1, 0.15) is 10.8 Å². The third-order valence-corrected chi connectivity index (χ3v) is 7.40. The molecule has 8 nitrogen and oxygen atoms in total. The first-order valence-corrected chi connectivity index (χ1v) is 12.5. The number of fused-ring (bicyclic) bond motifs is 2. The monoisotopic (exact) mass is 503 g/mol. The average molecular weight is 504 g/mol. The van der Waals surface area contributed by atoms with Crippen molar-refractivity contribution in [3.8, 4) is 11.4 Å². The van der Waals surface area contributed by atoms with Gasteiger partial charge < -0.3 is 19.8 Å².